The van der Waals surface area contributed by atoms with Crippen LogP contribution in [0.1, 0.15) is 5.69 Å². The second-order valence-corrected chi connectivity index (χ2v) is 6.00. The number of benzene rings is 2. The summed E-state index contributed by atoms with van der Waals surface area (Å²) in [7, 11) is 1.91. The smallest absolute Gasteiger partial charge is 0.274 e. The minimum absolute atomic E-state index is 0.122. The van der Waals surface area contributed by atoms with Crippen LogP contribution in [-0.2, 0) is 6.61 Å². The Morgan fingerprint density at radius 2 is 1.96 bits per heavy atom. The van der Waals surface area contributed by atoms with Gasteiger partial charge in [0.2, 0.25) is 0 Å². The number of hydrogen-bond acceptors (Lipinski definition) is 5. The highest BCUT2D eigenvalue weighted by Gasteiger charge is 2.11. The molecule has 1 radical (unpaired) electrons. The van der Waals surface area contributed by atoms with Crippen molar-refractivity contribution >= 4 is 24.2 Å². The van der Waals surface area contributed by atoms with Gasteiger partial charge in [0.25, 0.3) is 11.3 Å². The van der Waals surface area contributed by atoms with Crippen molar-refractivity contribution in [1.82, 2.24) is 19.6 Å². The van der Waals surface area contributed by atoms with Gasteiger partial charge in [-0.15, -0.1) is 0 Å². The van der Waals surface area contributed by atoms with E-state index >= 15 is 0 Å². The van der Waals surface area contributed by atoms with Crippen molar-refractivity contribution < 1.29 is 4.74 Å². The lowest BCUT2D eigenvalue weighted by atomic mass is 9.72. The van der Waals surface area contributed by atoms with Crippen LogP contribution < -0.4 is 21.5 Å². The first-order valence-electron chi connectivity index (χ1n) is 8.50. The minimum atomic E-state index is -0.253. The molecule has 0 aliphatic rings. The normalized spacial score (nSPS) is 10.9. The first kappa shape index (κ1) is 16.9. The summed E-state index contributed by atoms with van der Waals surface area (Å²) < 4.78 is 7.08. The molecule has 0 unspecified atom stereocenters. The number of ether oxygens (including phenoxy) is 1. The highest BCUT2D eigenvalue weighted by Crippen LogP contribution is 2.19. The quantitative estimate of drug-likeness (QED) is 0.417. The molecule has 0 saturated carbocycles. The fourth-order valence-corrected chi connectivity index (χ4v) is 2.82. The maximum absolute atomic E-state index is 12.4. The number of fused-ring (bicyclic) bond motifs is 1. The van der Waals surface area contributed by atoms with Crippen LogP contribution in [0.5, 0.6) is 5.75 Å². The summed E-state index contributed by atoms with van der Waals surface area (Å²) in [6.45, 7) is 2.03. The molecule has 0 saturated heterocycles. The Labute approximate surface area is 156 Å². The van der Waals surface area contributed by atoms with E-state index in [1.165, 1.54) is 10.6 Å². The van der Waals surface area contributed by atoms with Crippen molar-refractivity contribution in [3.8, 4) is 17.1 Å². The molecule has 0 bridgehead atoms. The third kappa shape index (κ3) is 3.29. The summed E-state index contributed by atoms with van der Waals surface area (Å²) >= 11 is 0. The van der Waals surface area contributed by atoms with Crippen LogP contribution in [0, 0.1) is 0 Å². The Balaban J connectivity index is 1.63. The number of nitrogens with two attached hydrogens (primary N) is 1. The molecule has 0 aliphatic heterocycles. The molecule has 133 valence electrons. The number of hydrogen-bond donors (Lipinski definition) is 2. The molecule has 8 heteroatoms. The predicted octanol–water partition coefficient (Wildman–Crippen LogP) is 1.62. The number of nitrogen functional groups attached to an aromatic ring is 1. The van der Waals surface area contributed by atoms with E-state index in [-0.39, 0.29) is 12.2 Å². The van der Waals surface area contributed by atoms with Crippen molar-refractivity contribution in [3.63, 3.8) is 0 Å². The number of para-hydroxylation sites is 1. The molecule has 0 aliphatic carbocycles. The number of H-pyrrole nitrogens is 1. The molecule has 0 amide bonds. The van der Waals surface area contributed by atoms with Crippen LogP contribution in [0.4, 0.5) is 5.69 Å². The Morgan fingerprint density at radius 1 is 1.15 bits per heavy atom. The van der Waals surface area contributed by atoms with Gasteiger partial charge in [-0.3, -0.25) is 9.89 Å². The summed E-state index contributed by atoms with van der Waals surface area (Å²) in [6.07, 6.45) is 0. The number of rotatable bonds is 5. The summed E-state index contributed by atoms with van der Waals surface area (Å²) in [4.78, 5) is 21.2. The van der Waals surface area contributed by atoms with Gasteiger partial charge < -0.3 is 10.5 Å². The van der Waals surface area contributed by atoms with E-state index in [0.29, 0.717) is 28.7 Å². The third-order valence-electron chi connectivity index (χ3n) is 4.22. The molecule has 7 nitrogen and oxygen atoms in total. The zero-order valence-corrected chi connectivity index (χ0v) is 14.7. The van der Waals surface area contributed by atoms with E-state index in [0.717, 1.165) is 11.0 Å². The van der Waals surface area contributed by atoms with Crippen molar-refractivity contribution in [2.24, 2.45) is 0 Å². The fourth-order valence-electron chi connectivity index (χ4n) is 2.82. The first-order valence-corrected chi connectivity index (χ1v) is 8.50. The van der Waals surface area contributed by atoms with Gasteiger partial charge in [-0.25, -0.2) is 4.98 Å². The lowest BCUT2D eigenvalue weighted by Gasteiger charge is -2.11. The number of nitrogens with one attached hydrogen (secondary N) is 1. The summed E-state index contributed by atoms with van der Waals surface area (Å²) in [5.41, 5.74) is 8.65. The molecule has 4 aromatic rings. The fraction of sp³-hybridized carbons (Fsp3) is 0.105. The first-order chi connectivity index (χ1) is 13.2. The van der Waals surface area contributed by atoms with Crippen LogP contribution >= 0.6 is 0 Å². The lowest BCUT2D eigenvalue weighted by Crippen LogP contribution is -2.18. The average molecular weight is 358 g/mol. The number of aromatic amines is 1. The van der Waals surface area contributed by atoms with E-state index in [4.69, 9.17) is 10.5 Å². The molecule has 0 spiro atoms. The van der Waals surface area contributed by atoms with Gasteiger partial charge >= 0.3 is 0 Å². The molecule has 2 aromatic carbocycles. The second kappa shape index (κ2) is 6.99. The van der Waals surface area contributed by atoms with Crippen LogP contribution in [0.3, 0.4) is 0 Å². The highest BCUT2D eigenvalue weighted by molar-refractivity contribution is 6.54. The molecular formula is C19H17BN5O2. The molecule has 4 rings (SSSR count). The Morgan fingerprint density at radius 3 is 2.74 bits per heavy atom. The van der Waals surface area contributed by atoms with Gasteiger partial charge in [-0.05, 0) is 6.07 Å². The van der Waals surface area contributed by atoms with Crippen molar-refractivity contribution in [2.45, 2.75) is 13.4 Å². The molecular weight excluding hydrogens is 341 g/mol. The SMILES string of the molecule is C[B]c1cccc(OCc2cc(=O)n3[nH]c(-c4ccccc4)nc3n2)c1N. The van der Waals surface area contributed by atoms with Crippen LogP contribution in [0.2, 0.25) is 6.82 Å². The minimum Gasteiger partial charge on any atom is -0.485 e. The Kier molecular flexibility index (Phi) is 4.37. The van der Waals surface area contributed by atoms with E-state index in [1.54, 1.807) is 6.07 Å². The maximum Gasteiger partial charge on any atom is 0.274 e. The number of anilines is 1. The predicted molar refractivity (Wildman–Crippen MR) is 105 cm³/mol. The zero-order chi connectivity index (χ0) is 18.8. The molecule has 27 heavy (non-hydrogen) atoms. The van der Waals surface area contributed by atoms with Gasteiger partial charge in [0.05, 0.1) is 11.4 Å². The monoisotopic (exact) mass is 358 g/mol. The standard InChI is InChI=1S/C19H17BN5O2/c1-20-14-8-5-9-15(17(14)21)27-11-13-10-16(26)25-19(22-13)23-18(24-25)12-6-3-2-4-7-12/h2-10H,11,21H2,1H3,(H,22,23,24). The third-order valence-corrected chi connectivity index (χ3v) is 4.22. The van der Waals surface area contributed by atoms with Crippen LogP contribution in [0.15, 0.2) is 59.4 Å². The second-order valence-electron chi connectivity index (χ2n) is 6.00. The topological polar surface area (TPSA) is 98.3 Å². The van der Waals surface area contributed by atoms with Gasteiger partial charge in [-0.2, -0.15) is 9.50 Å². The van der Waals surface area contributed by atoms with Crippen molar-refractivity contribution in [3.05, 3.63) is 70.6 Å². The summed E-state index contributed by atoms with van der Waals surface area (Å²) in [5, 5.41) is 2.97. The van der Waals surface area contributed by atoms with Crippen molar-refractivity contribution in [1.29, 1.82) is 0 Å². The summed E-state index contributed by atoms with van der Waals surface area (Å²) in [6, 6.07) is 16.5. The highest BCUT2D eigenvalue weighted by atomic mass is 16.5. The molecule has 0 fully saturated rings. The average Bonchev–Trinajstić information content (AvgIpc) is 3.13. The van der Waals surface area contributed by atoms with Crippen LogP contribution in [0.25, 0.3) is 17.2 Å². The van der Waals surface area contributed by atoms with Gasteiger partial charge in [0, 0.05) is 11.6 Å². The summed E-state index contributed by atoms with van der Waals surface area (Å²) in [5.74, 6) is 1.43. The van der Waals surface area contributed by atoms with Gasteiger partial charge in [0.15, 0.2) is 13.1 Å². The van der Waals surface area contributed by atoms with Crippen molar-refractivity contribution in [2.75, 3.05) is 5.73 Å². The number of nitrogens with zero attached hydrogens (tertiary/aromatic N) is 3. The largest absolute Gasteiger partial charge is 0.485 e. The molecule has 2 heterocycles. The maximum atomic E-state index is 12.4. The molecule has 0 atom stereocenters. The van der Waals surface area contributed by atoms with Crippen LogP contribution in [-0.4, -0.2) is 26.9 Å². The lowest BCUT2D eigenvalue weighted by molar-refractivity contribution is 0.303. The zero-order valence-electron chi connectivity index (χ0n) is 14.7. The Bertz CT molecular complexity index is 1150. The Hall–Kier alpha value is -3.55. The van der Waals surface area contributed by atoms with Gasteiger partial charge in [-0.1, -0.05) is 54.8 Å². The van der Waals surface area contributed by atoms with E-state index in [1.807, 2.05) is 56.6 Å². The van der Waals surface area contributed by atoms with Gasteiger partial charge in [0.1, 0.15) is 12.4 Å². The van der Waals surface area contributed by atoms with E-state index in [2.05, 4.69) is 15.1 Å². The van der Waals surface area contributed by atoms with E-state index in [9.17, 15) is 4.79 Å². The molecule has 3 N–H and O–H groups in total. The molecule has 2 aromatic heterocycles. The van der Waals surface area contributed by atoms with E-state index < -0.39 is 0 Å². The number of aromatic nitrogens is 4.